The number of carbonyl (C=O) groups is 2. The van der Waals surface area contributed by atoms with E-state index in [-0.39, 0.29) is 0 Å². The Bertz CT molecular complexity index is 662. The lowest BCUT2D eigenvalue weighted by molar-refractivity contribution is 0.235. The molecule has 0 spiro atoms. The molecule has 0 heterocycles. The van der Waals surface area contributed by atoms with Gasteiger partial charge in [0.25, 0.3) is 0 Å². The van der Waals surface area contributed by atoms with Gasteiger partial charge in [0.1, 0.15) is 0 Å². The lowest BCUT2D eigenvalue weighted by Crippen LogP contribution is -2.52. The van der Waals surface area contributed by atoms with Crippen molar-refractivity contribution in [2.45, 2.75) is 6.92 Å². The van der Waals surface area contributed by atoms with Gasteiger partial charge in [0.2, 0.25) is 0 Å². The van der Waals surface area contributed by atoms with E-state index in [1.165, 1.54) is 0 Å². The Balaban J connectivity index is 2.16. The number of para-hydroxylation sites is 1. The molecule has 0 aromatic heterocycles. The van der Waals surface area contributed by atoms with Gasteiger partial charge in [-0.3, -0.25) is 0 Å². The number of hydrogen-bond acceptors (Lipinski definition) is 2. The molecule has 0 aliphatic heterocycles. The van der Waals surface area contributed by atoms with E-state index in [0.29, 0.717) is 22.9 Å². The molecule has 0 unspecified atom stereocenters. The molecule has 7 heteroatoms. The summed E-state index contributed by atoms with van der Waals surface area (Å²) >= 11 is 5.82. The standard InChI is InChI=1S/C16H17ClN4O2/c1-2-18-15(22)20-21(14-6-4-3-5-7-14)16(23)19-13-10-8-12(17)9-11-13/h3-11H,2H2,1H3,(H,19,23)(H2,18,20,22). The van der Waals surface area contributed by atoms with Gasteiger partial charge in [0.15, 0.2) is 0 Å². The van der Waals surface area contributed by atoms with Crippen LogP contribution in [-0.2, 0) is 0 Å². The summed E-state index contributed by atoms with van der Waals surface area (Å²) < 4.78 is 0. The van der Waals surface area contributed by atoms with Crippen LogP contribution in [0.5, 0.6) is 0 Å². The number of anilines is 2. The Hall–Kier alpha value is -2.73. The van der Waals surface area contributed by atoms with Crippen LogP contribution in [0, 0.1) is 0 Å². The molecule has 0 saturated heterocycles. The number of nitrogens with zero attached hydrogens (tertiary/aromatic N) is 1. The summed E-state index contributed by atoms with van der Waals surface area (Å²) in [4.78, 5) is 24.2. The molecule has 6 nitrogen and oxygen atoms in total. The number of urea groups is 2. The van der Waals surface area contributed by atoms with Gasteiger partial charge in [-0.2, -0.15) is 0 Å². The van der Waals surface area contributed by atoms with Crippen molar-refractivity contribution < 1.29 is 9.59 Å². The van der Waals surface area contributed by atoms with Crippen LogP contribution in [0.15, 0.2) is 54.6 Å². The fourth-order valence-corrected chi connectivity index (χ4v) is 1.95. The van der Waals surface area contributed by atoms with E-state index in [2.05, 4.69) is 16.1 Å². The van der Waals surface area contributed by atoms with E-state index < -0.39 is 12.1 Å². The van der Waals surface area contributed by atoms with Gasteiger partial charge in [-0.15, -0.1) is 0 Å². The average Bonchev–Trinajstić information content (AvgIpc) is 2.56. The maximum Gasteiger partial charge on any atom is 0.345 e. The van der Waals surface area contributed by atoms with Crippen molar-refractivity contribution in [2.24, 2.45) is 0 Å². The van der Waals surface area contributed by atoms with Crippen LogP contribution in [0.25, 0.3) is 0 Å². The van der Waals surface area contributed by atoms with Gasteiger partial charge >= 0.3 is 12.1 Å². The number of carbonyl (C=O) groups excluding carboxylic acids is 2. The summed E-state index contributed by atoms with van der Waals surface area (Å²) in [6.07, 6.45) is 0. The molecule has 2 aromatic rings. The zero-order valence-corrected chi connectivity index (χ0v) is 13.3. The molecule has 3 N–H and O–H groups in total. The summed E-state index contributed by atoms with van der Waals surface area (Å²) in [7, 11) is 0. The SMILES string of the molecule is CCNC(=O)NN(C(=O)Nc1ccc(Cl)cc1)c1ccccc1. The van der Waals surface area contributed by atoms with Crippen molar-refractivity contribution in [1.82, 2.24) is 10.7 Å². The van der Waals surface area contributed by atoms with Gasteiger partial charge in [-0.1, -0.05) is 29.8 Å². The fourth-order valence-electron chi connectivity index (χ4n) is 1.82. The quantitative estimate of drug-likeness (QED) is 0.751. The summed E-state index contributed by atoms with van der Waals surface area (Å²) in [6, 6.07) is 14.5. The molecule has 2 aromatic carbocycles. The predicted molar refractivity (Wildman–Crippen MR) is 91.6 cm³/mol. The molecular weight excluding hydrogens is 316 g/mol. The van der Waals surface area contributed by atoms with Crippen LogP contribution in [0.3, 0.4) is 0 Å². The smallest absolute Gasteiger partial charge is 0.337 e. The minimum absolute atomic E-state index is 0.452. The molecule has 0 radical (unpaired) electrons. The first kappa shape index (κ1) is 16.6. The van der Waals surface area contributed by atoms with Gasteiger partial charge in [-0.05, 0) is 43.3 Å². The Morgan fingerprint density at radius 2 is 1.70 bits per heavy atom. The molecular formula is C16H17ClN4O2. The maximum absolute atomic E-state index is 12.5. The Morgan fingerprint density at radius 3 is 2.30 bits per heavy atom. The first-order valence-corrected chi connectivity index (χ1v) is 7.44. The number of nitrogens with one attached hydrogen (secondary N) is 3. The number of hydrazine groups is 1. The maximum atomic E-state index is 12.5. The number of amides is 4. The third kappa shape index (κ3) is 4.89. The molecule has 0 aliphatic carbocycles. The first-order chi connectivity index (χ1) is 11.1. The van der Waals surface area contributed by atoms with Crippen LogP contribution in [-0.4, -0.2) is 18.6 Å². The summed E-state index contributed by atoms with van der Waals surface area (Å²) in [6.45, 7) is 2.24. The predicted octanol–water partition coefficient (Wildman–Crippen LogP) is 3.61. The van der Waals surface area contributed by atoms with Crippen LogP contribution in [0.2, 0.25) is 5.02 Å². The second-order valence-corrected chi connectivity index (χ2v) is 5.02. The third-order valence-corrected chi connectivity index (χ3v) is 3.12. The molecule has 0 fully saturated rings. The zero-order valence-electron chi connectivity index (χ0n) is 12.5. The average molecular weight is 333 g/mol. The monoisotopic (exact) mass is 332 g/mol. The van der Waals surface area contributed by atoms with E-state index in [1.807, 2.05) is 6.07 Å². The van der Waals surface area contributed by atoms with Crippen LogP contribution in [0.1, 0.15) is 6.92 Å². The van der Waals surface area contributed by atoms with Gasteiger partial charge < -0.3 is 10.6 Å². The number of benzene rings is 2. The number of halogens is 1. The Kier molecular flexibility index (Phi) is 5.82. The largest absolute Gasteiger partial charge is 0.345 e. The number of hydrogen-bond donors (Lipinski definition) is 3. The highest BCUT2D eigenvalue weighted by molar-refractivity contribution is 6.30. The lowest BCUT2D eigenvalue weighted by Gasteiger charge is -2.23. The van der Waals surface area contributed by atoms with E-state index in [1.54, 1.807) is 55.5 Å². The Labute approximate surface area is 139 Å². The number of rotatable bonds is 3. The van der Waals surface area contributed by atoms with Crippen LogP contribution < -0.4 is 21.1 Å². The minimum Gasteiger partial charge on any atom is -0.337 e. The van der Waals surface area contributed by atoms with E-state index in [9.17, 15) is 9.59 Å². The molecule has 0 aliphatic rings. The summed E-state index contributed by atoms with van der Waals surface area (Å²) in [5.74, 6) is 0. The molecule has 0 saturated carbocycles. The highest BCUT2D eigenvalue weighted by Gasteiger charge is 2.18. The Morgan fingerprint density at radius 1 is 1.04 bits per heavy atom. The molecule has 0 atom stereocenters. The van der Waals surface area contributed by atoms with Gasteiger partial charge in [-0.25, -0.2) is 20.0 Å². The van der Waals surface area contributed by atoms with Crippen LogP contribution in [0.4, 0.5) is 21.0 Å². The van der Waals surface area contributed by atoms with Gasteiger partial charge in [0.05, 0.1) is 5.69 Å². The normalized spacial score (nSPS) is 9.83. The minimum atomic E-state index is -0.496. The summed E-state index contributed by atoms with van der Waals surface area (Å²) in [5, 5.41) is 6.99. The zero-order chi connectivity index (χ0) is 16.7. The molecule has 120 valence electrons. The van der Waals surface area contributed by atoms with E-state index in [0.717, 1.165) is 5.01 Å². The van der Waals surface area contributed by atoms with Crippen molar-refractivity contribution in [3.63, 3.8) is 0 Å². The van der Waals surface area contributed by atoms with E-state index >= 15 is 0 Å². The first-order valence-electron chi connectivity index (χ1n) is 7.06. The van der Waals surface area contributed by atoms with Gasteiger partial charge in [0, 0.05) is 17.3 Å². The van der Waals surface area contributed by atoms with Crippen molar-refractivity contribution in [2.75, 3.05) is 16.9 Å². The molecule has 4 amide bonds. The second kappa shape index (κ2) is 8.05. The highest BCUT2D eigenvalue weighted by atomic mass is 35.5. The molecule has 23 heavy (non-hydrogen) atoms. The van der Waals surface area contributed by atoms with Crippen molar-refractivity contribution in [3.05, 3.63) is 59.6 Å². The van der Waals surface area contributed by atoms with Crippen molar-refractivity contribution in [1.29, 1.82) is 0 Å². The second-order valence-electron chi connectivity index (χ2n) is 4.58. The molecule has 0 bridgehead atoms. The van der Waals surface area contributed by atoms with Crippen LogP contribution >= 0.6 is 11.6 Å². The topological polar surface area (TPSA) is 73.5 Å². The fraction of sp³-hybridized carbons (Fsp3) is 0.125. The van der Waals surface area contributed by atoms with Crippen molar-refractivity contribution in [3.8, 4) is 0 Å². The van der Waals surface area contributed by atoms with E-state index in [4.69, 9.17) is 11.6 Å². The highest BCUT2D eigenvalue weighted by Crippen LogP contribution is 2.16. The lowest BCUT2D eigenvalue weighted by atomic mass is 10.3. The third-order valence-electron chi connectivity index (χ3n) is 2.86. The summed E-state index contributed by atoms with van der Waals surface area (Å²) in [5.41, 5.74) is 3.61. The molecule has 2 rings (SSSR count). The van der Waals surface area contributed by atoms with Crippen molar-refractivity contribution >= 4 is 35.0 Å².